The number of nitrogens with one attached hydrogen (secondary N) is 1. The molecule has 0 radical (unpaired) electrons. The minimum atomic E-state index is -0.818. The van der Waals surface area contributed by atoms with Gasteiger partial charge in [-0.15, -0.1) is 0 Å². The van der Waals surface area contributed by atoms with Gasteiger partial charge in [-0.25, -0.2) is 4.79 Å². The summed E-state index contributed by atoms with van der Waals surface area (Å²) >= 11 is 0. The van der Waals surface area contributed by atoms with Crippen LogP contribution in [0.15, 0.2) is 0 Å². The molecule has 0 heterocycles. The van der Waals surface area contributed by atoms with E-state index in [9.17, 15) is 9.59 Å². The minimum absolute atomic E-state index is 0.0349. The van der Waals surface area contributed by atoms with Crippen LogP contribution in [0.2, 0.25) is 0 Å². The number of carboxylic acid groups (broad SMARTS) is 1. The third-order valence-electron chi connectivity index (χ3n) is 4.86. The summed E-state index contributed by atoms with van der Waals surface area (Å²) < 4.78 is 0. The molecule has 4 unspecified atom stereocenters. The molecule has 2 saturated carbocycles. The Morgan fingerprint density at radius 3 is 2.65 bits per heavy atom. The predicted molar refractivity (Wildman–Crippen MR) is 76.4 cm³/mol. The summed E-state index contributed by atoms with van der Waals surface area (Å²) in [5.41, 5.74) is 0. The topological polar surface area (TPSA) is 69.6 Å². The Morgan fingerprint density at radius 2 is 2.10 bits per heavy atom. The monoisotopic (exact) mass is 282 g/mol. The van der Waals surface area contributed by atoms with Gasteiger partial charge >= 0.3 is 12.0 Å². The van der Waals surface area contributed by atoms with Crippen LogP contribution in [0.3, 0.4) is 0 Å². The molecule has 2 aliphatic rings. The number of fused-ring (bicyclic) bond motifs is 2. The van der Waals surface area contributed by atoms with E-state index in [1.807, 2.05) is 14.0 Å². The molecule has 0 aliphatic heterocycles. The Hall–Kier alpha value is -1.26. The predicted octanol–water partition coefficient (Wildman–Crippen LogP) is 2.17. The van der Waals surface area contributed by atoms with Crippen molar-refractivity contribution in [1.29, 1.82) is 0 Å². The summed E-state index contributed by atoms with van der Waals surface area (Å²) in [7, 11) is 1.84. The maximum Gasteiger partial charge on any atom is 0.317 e. The quantitative estimate of drug-likeness (QED) is 0.784. The van der Waals surface area contributed by atoms with E-state index < -0.39 is 5.97 Å². The van der Waals surface area contributed by atoms with E-state index in [0.717, 1.165) is 18.4 Å². The maximum atomic E-state index is 12.0. The van der Waals surface area contributed by atoms with Crippen molar-refractivity contribution in [3.8, 4) is 0 Å². The van der Waals surface area contributed by atoms with E-state index in [1.165, 1.54) is 25.7 Å². The average molecular weight is 282 g/mol. The Kier molecular flexibility index (Phi) is 4.89. The van der Waals surface area contributed by atoms with E-state index in [2.05, 4.69) is 5.32 Å². The van der Waals surface area contributed by atoms with Gasteiger partial charge in [0.1, 0.15) is 0 Å². The highest BCUT2D eigenvalue weighted by Gasteiger charge is 2.40. The van der Waals surface area contributed by atoms with Crippen LogP contribution in [-0.2, 0) is 4.79 Å². The molecule has 20 heavy (non-hydrogen) atoms. The van der Waals surface area contributed by atoms with Crippen molar-refractivity contribution < 1.29 is 14.7 Å². The lowest BCUT2D eigenvalue weighted by Crippen LogP contribution is -2.42. The van der Waals surface area contributed by atoms with E-state index in [-0.39, 0.29) is 18.4 Å². The zero-order valence-electron chi connectivity index (χ0n) is 12.5. The second kappa shape index (κ2) is 6.46. The van der Waals surface area contributed by atoms with Crippen LogP contribution >= 0.6 is 0 Å². The summed E-state index contributed by atoms with van der Waals surface area (Å²) in [6.45, 7) is 3.09. The fourth-order valence-corrected chi connectivity index (χ4v) is 3.80. The van der Waals surface area contributed by atoms with Gasteiger partial charge in [-0.1, -0.05) is 13.3 Å². The van der Waals surface area contributed by atoms with E-state index in [0.29, 0.717) is 12.5 Å². The summed E-state index contributed by atoms with van der Waals surface area (Å²) in [5.74, 6) is 1.54. The van der Waals surface area contributed by atoms with Gasteiger partial charge in [-0.3, -0.25) is 4.79 Å². The first-order valence-corrected chi connectivity index (χ1v) is 7.66. The molecular weight excluding hydrogens is 256 g/mol. The molecule has 2 N–H and O–H groups in total. The van der Waals surface area contributed by atoms with Gasteiger partial charge in [-0.05, 0) is 42.9 Å². The number of urea groups is 1. The van der Waals surface area contributed by atoms with Crippen LogP contribution < -0.4 is 5.32 Å². The third-order valence-corrected chi connectivity index (χ3v) is 4.86. The second-order valence-electron chi connectivity index (χ2n) is 6.70. The molecule has 0 aromatic carbocycles. The van der Waals surface area contributed by atoms with Crippen LogP contribution in [-0.4, -0.2) is 42.1 Å². The molecule has 2 bridgehead atoms. The van der Waals surface area contributed by atoms with Crippen molar-refractivity contribution in [2.45, 2.75) is 39.0 Å². The van der Waals surface area contributed by atoms with Gasteiger partial charge < -0.3 is 15.3 Å². The average Bonchev–Trinajstić information content (AvgIpc) is 2.97. The van der Waals surface area contributed by atoms with Crippen molar-refractivity contribution in [2.24, 2.45) is 23.7 Å². The molecule has 4 atom stereocenters. The van der Waals surface area contributed by atoms with Crippen LogP contribution in [0.4, 0.5) is 4.79 Å². The molecule has 0 saturated heterocycles. The number of aliphatic carboxylic acids is 1. The molecule has 0 aromatic heterocycles. The first-order chi connectivity index (χ1) is 9.45. The van der Waals surface area contributed by atoms with Crippen LogP contribution in [0.25, 0.3) is 0 Å². The van der Waals surface area contributed by atoms with E-state index >= 15 is 0 Å². The highest BCUT2D eigenvalue weighted by Crippen LogP contribution is 2.48. The second-order valence-corrected chi connectivity index (χ2v) is 6.70. The summed E-state index contributed by atoms with van der Waals surface area (Å²) in [6.07, 6.45) is 5.44. The van der Waals surface area contributed by atoms with Gasteiger partial charge in [-0.2, -0.15) is 0 Å². The number of nitrogens with zero attached hydrogens (tertiary/aromatic N) is 1. The van der Waals surface area contributed by atoms with Crippen LogP contribution in [0.5, 0.6) is 0 Å². The highest BCUT2D eigenvalue weighted by atomic mass is 16.4. The third kappa shape index (κ3) is 3.87. The fourth-order valence-electron chi connectivity index (χ4n) is 3.80. The SMILES string of the molecule is CC(CNC(=O)N(C)CC1CC2CCC1C2)CC(=O)O. The number of rotatable bonds is 6. The lowest BCUT2D eigenvalue weighted by atomic mass is 9.88. The van der Waals surface area contributed by atoms with Gasteiger partial charge in [0.25, 0.3) is 0 Å². The molecule has 5 heteroatoms. The van der Waals surface area contributed by atoms with Crippen LogP contribution in [0.1, 0.15) is 39.0 Å². The van der Waals surface area contributed by atoms with Gasteiger partial charge in [0.05, 0.1) is 0 Å². The molecule has 0 spiro atoms. The highest BCUT2D eigenvalue weighted by molar-refractivity contribution is 5.74. The molecule has 114 valence electrons. The lowest BCUT2D eigenvalue weighted by Gasteiger charge is -2.27. The van der Waals surface area contributed by atoms with Gasteiger partial charge in [0.2, 0.25) is 0 Å². The molecule has 2 rings (SSSR count). The smallest absolute Gasteiger partial charge is 0.317 e. The van der Waals surface area contributed by atoms with Gasteiger partial charge in [0.15, 0.2) is 0 Å². The number of amides is 2. The Morgan fingerprint density at radius 1 is 1.35 bits per heavy atom. The fraction of sp³-hybridized carbons (Fsp3) is 0.867. The maximum absolute atomic E-state index is 12.0. The van der Waals surface area contributed by atoms with Gasteiger partial charge in [0, 0.05) is 26.6 Å². The number of hydrogen-bond donors (Lipinski definition) is 2. The van der Waals surface area contributed by atoms with Crippen molar-refractivity contribution in [3.05, 3.63) is 0 Å². The molecule has 2 fully saturated rings. The zero-order valence-corrected chi connectivity index (χ0v) is 12.5. The molecular formula is C15H26N2O3. The number of carbonyl (C=O) groups is 2. The largest absolute Gasteiger partial charge is 0.481 e. The molecule has 5 nitrogen and oxygen atoms in total. The number of carbonyl (C=O) groups excluding carboxylic acids is 1. The van der Waals surface area contributed by atoms with Crippen molar-refractivity contribution in [2.75, 3.05) is 20.1 Å². The molecule has 2 amide bonds. The van der Waals surface area contributed by atoms with Crippen molar-refractivity contribution >= 4 is 12.0 Å². The zero-order chi connectivity index (χ0) is 14.7. The van der Waals surface area contributed by atoms with Crippen molar-refractivity contribution in [3.63, 3.8) is 0 Å². The molecule has 2 aliphatic carbocycles. The summed E-state index contributed by atoms with van der Waals surface area (Å²) in [6, 6.07) is -0.0787. The molecule has 0 aromatic rings. The Balaban J connectivity index is 1.68. The first kappa shape index (κ1) is 15.1. The first-order valence-electron chi connectivity index (χ1n) is 7.66. The number of carboxylic acids is 1. The van der Waals surface area contributed by atoms with Crippen LogP contribution in [0, 0.1) is 23.7 Å². The Bertz CT molecular complexity index is 372. The number of hydrogen-bond acceptors (Lipinski definition) is 2. The standard InChI is InChI=1S/C15H26N2O3/c1-10(5-14(18)19)8-16-15(20)17(2)9-13-7-11-3-4-12(13)6-11/h10-13H,3-9H2,1-2H3,(H,16,20)(H,18,19). The van der Waals surface area contributed by atoms with E-state index in [4.69, 9.17) is 5.11 Å². The van der Waals surface area contributed by atoms with E-state index in [1.54, 1.807) is 4.90 Å². The minimum Gasteiger partial charge on any atom is -0.481 e. The lowest BCUT2D eigenvalue weighted by molar-refractivity contribution is -0.137. The van der Waals surface area contributed by atoms with Crippen molar-refractivity contribution in [1.82, 2.24) is 10.2 Å². The summed E-state index contributed by atoms with van der Waals surface area (Å²) in [4.78, 5) is 24.3. The normalized spacial score (nSPS) is 29.2. The summed E-state index contributed by atoms with van der Waals surface area (Å²) in [5, 5.41) is 11.5. The Labute approximate surface area is 120 Å².